The number of benzene rings is 2. The Balaban J connectivity index is 1.60. The molecule has 1 amide bonds. The minimum absolute atomic E-state index is 0.0525. The molecule has 2 aromatic carbocycles. The second-order valence-electron chi connectivity index (χ2n) is 6.72. The Hall–Kier alpha value is -2.33. The lowest BCUT2D eigenvalue weighted by molar-refractivity contribution is 0.0623. The van der Waals surface area contributed by atoms with Crippen LogP contribution in [0, 0.1) is 0 Å². The van der Waals surface area contributed by atoms with Crippen molar-refractivity contribution in [3.63, 3.8) is 0 Å². The molecule has 0 radical (unpaired) electrons. The molecule has 132 valence electrons. The molecule has 0 aliphatic carbocycles. The van der Waals surface area contributed by atoms with E-state index >= 15 is 0 Å². The zero-order chi connectivity index (χ0) is 17.6. The molecule has 3 rings (SSSR count). The molecule has 0 N–H and O–H groups in total. The van der Waals surface area contributed by atoms with Crippen molar-refractivity contribution in [2.45, 2.75) is 26.5 Å². The van der Waals surface area contributed by atoms with Crippen molar-refractivity contribution in [3.05, 3.63) is 65.7 Å². The van der Waals surface area contributed by atoms with E-state index in [4.69, 9.17) is 4.74 Å². The van der Waals surface area contributed by atoms with Crippen molar-refractivity contribution in [2.75, 3.05) is 26.2 Å². The van der Waals surface area contributed by atoms with E-state index in [9.17, 15) is 4.79 Å². The number of hydrogen-bond donors (Lipinski definition) is 0. The molecule has 1 fully saturated rings. The summed E-state index contributed by atoms with van der Waals surface area (Å²) in [4.78, 5) is 17.2. The van der Waals surface area contributed by atoms with Crippen LogP contribution >= 0.6 is 0 Å². The molecule has 1 heterocycles. The lowest BCUT2D eigenvalue weighted by Crippen LogP contribution is -2.48. The van der Waals surface area contributed by atoms with E-state index in [-0.39, 0.29) is 12.0 Å². The Morgan fingerprint density at radius 1 is 0.960 bits per heavy atom. The SMILES string of the molecule is CC(C)Oc1ccccc1C(=O)N1CCN(Cc2ccccc2)CC1. The Bertz CT molecular complexity index is 692. The number of amides is 1. The number of ether oxygens (including phenoxy) is 1. The Kier molecular flexibility index (Phi) is 5.71. The molecule has 0 unspecified atom stereocenters. The van der Waals surface area contributed by atoms with Crippen LogP contribution in [0.2, 0.25) is 0 Å². The van der Waals surface area contributed by atoms with Gasteiger partial charge in [0.1, 0.15) is 5.75 Å². The van der Waals surface area contributed by atoms with Gasteiger partial charge in [-0.3, -0.25) is 9.69 Å². The largest absolute Gasteiger partial charge is 0.490 e. The normalized spacial score (nSPS) is 15.4. The fourth-order valence-electron chi connectivity index (χ4n) is 3.12. The number of carbonyl (C=O) groups is 1. The summed E-state index contributed by atoms with van der Waals surface area (Å²) >= 11 is 0. The average Bonchev–Trinajstić information content (AvgIpc) is 2.63. The molecule has 25 heavy (non-hydrogen) atoms. The van der Waals surface area contributed by atoms with Gasteiger partial charge >= 0.3 is 0 Å². The van der Waals surface area contributed by atoms with Gasteiger partial charge < -0.3 is 9.64 Å². The van der Waals surface area contributed by atoms with Gasteiger partial charge in [-0.15, -0.1) is 0 Å². The molecule has 0 spiro atoms. The summed E-state index contributed by atoms with van der Waals surface area (Å²) < 4.78 is 5.80. The molecular weight excluding hydrogens is 312 g/mol. The summed E-state index contributed by atoms with van der Waals surface area (Å²) in [6.07, 6.45) is 0.0525. The molecule has 1 aliphatic heterocycles. The summed E-state index contributed by atoms with van der Waals surface area (Å²) in [6.45, 7) is 8.19. The molecule has 0 aromatic heterocycles. The van der Waals surface area contributed by atoms with Crippen LogP contribution in [-0.2, 0) is 6.54 Å². The predicted molar refractivity (Wildman–Crippen MR) is 99.8 cm³/mol. The first-order chi connectivity index (χ1) is 12.1. The van der Waals surface area contributed by atoms with E-state index in [1.807, 2.05) is 49.1 Å². The predicted octanol–water partition coefficient (Wildman–Crippen LogP) is 3.43. The maximum absolute atomic E-state index is 12.9. The van der Waals surface area contributed by atoms with Gasteiger partial charge in [0.25, 0.3) is 5.91 Å². The molecule has 4 heteroatoms. The van der Waals surface area contributed by atoms with Crippen molar-refractivity contribution >= 4 is 5.91 Å². The van der Waals surface area contributed by atoms with Gasteiger partial charge in [0.2, 0.25) is 0 Å². The zero-order valence-electron chi connectivity index (χ0n) is 15.0. The van der Waals surface area contributed by atoms with Crippen LogP contribution in [0.5, 0.6) is 5.75 Å². The Morgan fingerprint density at radius 3 is 2.28 bits per heavy atom. The van der Waals surface area contributed by atoms with Gasteiger partial charge in [-0.05, 0) is 31.5 Å². The van der Waals surface area contributed by atoms with Gasteiger partial charge in [0, 0.05) is 32.7 Å². The summed E-state index contributed by atoms with van der Waals surface area (Å²) in [6, 6.07) is 18.0. The Labute approximate surface area is 150 Å². The van der Waals surface area contributed by atoms with Crippen LogP contribution < -0.4 is 4.74 Å². The van der Waals surface area contributed by atoms with Crippen molar-refractivity contribution in [1.29, 1.82) is 0 Å². The van der Waals surface area contributed by atoms with Gasteiger partial charge in [-0.25, -0.2) is 0 Å². The van der Waals surface area contributed by atoms with Crippen LogP contribution in [0.4, 0.5) is 0 Å². The maximum Gasteiger partial charge on any atom is 0.257 e. The number of hydrogen-bond acceptors (Lipinski definition) is 3. The number of nitrogens with zero attached hydrogens (tertiary/aromatic N) is 2. The molecule has 1 saturated heterocycles. The fourth-order valence-corrected chi connectivity index (χ4v) is 3.12. The second-order valence-corrected chi connectivity index (χ2v) is 6.72. The van der Waals surface area contributed by atoms with Crippen LogP contribution in [0.3, 0.4) is 0 Å². The van der Waals surface area contributed by atoms with Crippen molar-refractivity contribution in [2.24, 2.45) is 0 Å². The third kappa shape index (κ3) is 4.60. The highest BCUT2D eigenvalue weighted by Gasteiger charge is 2.24. The number of para-hydroxylation sites is 1. The summed E-state index contributed by atoms with van der Waals surface area (Å²) in [7, 11) is 0. The highest BCUT2D eigenvalue weighted by molar-refractivity contribution is 5.97. The van der Waals surface area contributed by atoms with Crippen LogP contribution in [-0.4, -0.2) is 48.0 Å². The van der Waals surface area contributed by atoms with Gasteiger partial charge in [-0.1, -0.05) is 42.5 Å². The number of carbonyl (C=O) groups excluding carboxylic acids is 1. The third-order valence-electron chi connectivity index (χ3n) is 4.39. The van der Waals surface area contributed by atoms with Crippen LogP contribution in [0.1, 0.15) is 29.8 Å². The Morgan fingerprint density at radius 2 is 1.60 bits per heavy atom. The summed E-state index contributed by atoms with van der Waals surface area (Å²) in [5.41, 5.74) is 1.98. The molecule has 0 bridgehead atoms. The zero-order valence-corrected chi connectivity index (χ0v) is 15.0. The first-order valence-corrected chi connectivity index (χ1v) is 8.94. The number of piperazine rings is 1. The monoisotopic (exact) mass is 338 g/mol. The topological polar surface area (TPSA) is 32.8 Å². The lowest BCUT2D eigenvalue weighted by Gasteiger charge is -2.35. The number of rotatable bonds is 5. The quantitative estimate of drug-likeness (QED) is 0.837. The first-order valence-electron chi connectivity index (χ1n) is 8.94. The maximum atomic E-state index is 12.9. The van der Waals surface area contributed by atoms with E-state index in [2.05, 4.69) is 29.2 Å². The minimum Gasteiger partial charge on any atom is -0.490 e. The molecule has 4 nitrogen and oxygen atoms in total. The molecular formula is C21H26N2O2. The van der Waals surface area contributed by atoms with E-state index in [1.165, 1.54) is 5.56 Å². The van der Waals surface area contributed by atoms with Crippen molar-refractivity contribution < 1.29 is 9.53 Å². The third-order valence-corrected chi connectivity index (χ3v) is 4.39. The molecule has 0 saturated carbocycles. The van der Waals surface area contributed by atoms with Gasteiger partial charge in [0.05, 0.1) is 11.7 Å². The summed E-state index contributed by atoms with van der Waals surface area (Å²) in [5, 5.41) is 0. The average molecular weight is 338 g/mol. The lowest BCUT2D eigenvalue weighted by atomic mass is 10.1. The second kappa shape index (κ2) is 8.17. The highest BCUT2D eigenvalue weighted by Crippen LogP contribution is 2.22. The van der Waals surface area contributed by atoms with Gasteiger partial charge in [0.15, 0.2) is 0 Å². The van der Waals surface area contributed by atoms with E-state index < -0.39 is 0 Å². The molecule has 0 atom stereocenters. The van der Waals surface area contributed by atoms with Gasteiger partial charge in [-0.2, -0.15) is 0 Å². The molecule has 2 aromatic rings. The smallest absolute Gasteiger partial charge is 0.257 e. The van der Waals surface area contributed by atoms with Crippen LogP contribution in [0.25, 0.3) is 0 Å². The fraction of sp³-hybridized carbons (Fsp3) is 0.381. The standard InChI is InChI=1S/C21H26N2O2/c1-17(2)25-20-11-7-6-10-19(20)21(24)23-14-12-22(13-15-23)16-18-8-4-3-5-9-18/h3-11,17H,12-16H2,1-2H3. The summed E-state index contributed by atoms with van der Waals surface area (Å²) in [5.74, 6) is 0.741. The van der Waals surface area contributed by atoms with E-state index in [0.29, 0.717) is 11.3 Å². The van der Waals surface area contributed by atoms with Crippen LogP contribution in [0.15, 0.2) is 54.6 Å². The first kappa shape index (κ1) is 17.5. The minimum atomic E-state index is 0.0525. The molecule has 1 aliphatic rings. The van der Waals surface area contributed by atoms with Crippen molar-refractivity contribution in [1.82, 2.24) is 9.80 Å². The van der Waals surface area contributed by atoms with E-state index in [0.717, 1.165) is 32.7 Å². The van der Waals surface area contributed by atoms with Crippen molar-refractivity contribution in [3.8, 4) is 5.75 Å². The van der Waals surface area contributed by atoms with E-state index in [1.54, 1.807) is 0 Å². The highest BCUT2D eigenvalue weighted by atomic mass is 16.5.